The molecule has 22 heavy (non-hydrogen) atoms. The van der Waals surface area contributed by atoms with E-state index < -0.39 is 5.60 Å². The minimum atomic E-state index is -0.489. The number of rotatable bonds is 4. The number of ether oxygens (including phenoxy) is 1. The predicted molar refractivity (Wildman–Crippen MR) is 81.5 cm³/mol. The van der Waals surface area contributed by atoms with E-state index in [2.05, 4.69) is 5.32 Å². The van der Waals surface area contributed by atoms with Gasteiger partial charge in [0, 0.05) is 18.6 Å². The Bertz CT molecular complexity index is 533. The van der Waals surface area contributed by atoms with E-state index in [0.717, 1.165) is 6.42 Å². The lowest BCUT2D eigenvalue weighted by Crippen LogP contribution is -2.48. The molecule has 1 N–H and O–H groups in total. The fourth-order valence-electron chi connectivity index (χ4n) is 2.50. The number of amides is 1. The number of nitrogens with zero attached hydrogens (tertiary/aromatic N) is 1. The maximum Gasteiger partial charge on any atom is 0.320 e. The summed E-state index contributed by atoms with van der Waals surface area (Å²) in [5, 5.41) is 3.21. The molecule has 0 radical (unpaired) electrons. The maximum absolute atomic E-state index is 12.2. The summed E-state index contributed by atoms with van der Waals surface area (Å²) < 4.78 is 10.4. The number of esters is 1. The van der Waals surface area contributed by atoms with Crippen LogP contribution in [0.2, 0.25) is 0 Å². The smallest absolute Gasteiger partial charge is 0.320 e. The van der Waals surface area contributed by atoms with Gasteiger partial charge in [-0.15, -0.1) is 0 Å². The van der Waals surface area contributed by atoms with E-state index in [0.29, 0.717) is 18.8 Å². The van der Waals surface area contributed by atoms with Gasteiger partial charge in [0.25, 0.3) is 5.91 Å². The van der Waals surface area contributed by atoms with Gasteiger partial charge in [0.15, 0.2) is 5.76 Å². The molecule has 1 amide bonds. The third-order valence-electron chi connectivity index (χ3n) is 3.57. The summed E-state index contributed by atoms with van der Waals surface area (Å²) in [4.78, 5) is 25.8. The summed E-state index contributed by atoms with van der Waals surface area (Å²) in [6.45, 7) is 8.83. The fourth-order valence-corrected chi connectivity index (χ4v) is 2.50. The molecule has 1 saturated heterocycles. The van der Waals surface area contributed by atoms with Crippen LogP contribution in [0.4, 0.5) is 0 Å². The predicted octanol–water partition coefficient (Wildman–Crippen LogP) is 1.82. The molecular formula is C16H24N2O4. The molecule has 1 aromatic rings. The molecule has 2 heterocycles. The molecular weight excluding hydrogens is 284 g/mol. The summed E-state index contributed by atoms with van der Waals surface area (Å²) in [6, 6.07) is 3.36. The molecule has 0 aromatic carbocycles. The molecule has 6 heteroatoms. The lowest BCUT2D eigenvalue weighted by atomic mass is 10.0. The first-order valence-electron chi connectivity index (χ1n) is 7.48. The van der Waals surface area contributed by atoms with Crippen LogP contribution in [-0.4, -0.2) is 47.6 Å². The number of hydrogen-bond donors (Lipinski definition) is 1. The third-order valence-corrected chi connectivity index (χ3v) is 3.57. The van der Waals surface area contributed by atoms with Gasteiger partial charge in [-0.3, -0.25) is 14.9 Å². The SMILES string of the molecule is CC1(NCC(=O)OC(C)(C)C)CCN(C(=O)c2ccco2)C1. The van der Waals surface area contributed by atoms with E-state index in [1.807, 2.05) is 27.7 Å². The molecule has 0 spiro atoms. The molecule has 1 aromatic heterocycles. The first-order valence-corrected chi connectivity index (χ1v) is 7.48. The Morgan fingerprint density at radius 3 is 2.77 bits per heavy atom. The van der Waals surface area contributed by atoms with Crippen LogP contribution in [0.1, 0.15) is 44.7 Å². The summed E-state index contributed by atoms with van der Waals surface area (Å²) in [6.07, 6.45) is 2.27. The van der Waals surface area contributed by atoms with Crippen molar-refractivity contribution >= 4 is 11.9 Å². The van der Waals surface area contributed by atoms with E-state index >= 15 is 0 Å². The molecule has 6 nitrogen and oxygen atoms in total. The van der Waals surface area contributed by atoms with Gasteiger partial charge < -0.3 is 14.1 Å². The Morgan fingerprint density at radius 1 is 1.45 bits per heavy atom. The van der Waals surface area contributed by atoms with E-state index in [9.17, 15) is 9.59 Å². The van der Waals surface area contributed by atoms with Crippen LogP contribution in [0, 0.1) is 0 Å². The van der Waals surface area contributed by atoms with Crippen LogP contribution in [0.3, 0.4) is 0 Å². The normalized spacial score (nSPS) is 21.9. The zero-order valence-corrected chi connectivity index (χ0v) is 13.6. The van der Waals surface area contributed by atoms with E-state index in [-0.39, 0.29) is 24.0 Å². The quantitative estimate of drug-likeness (QED) is 0.859. The molecule has 122 valence electrons. The Morgan fingerprint density at radius 2 is 2.18 bits per heavy atom. The van der Waals surface area contributed by atoms with Crippen molar-refractivity contribution in [1.29, 1.82) is 0 Å². The minimum Gasteiger partial charge on any atom is -0.459 e. The summed E-state index contributed by atoms with van der Waals surface area (Å²) >= 11 is 0. The first-order chi connectivity index (χ1) is 10.2. The standard InChI is InChI=1S/C16H24N2O4/c1-15(2,3)22-13(19)10-17-16(4)7-8-18(11-16)14(20)12-6-5-9-21-12/h5-6,9,17H,7-8,10-11H2,1-4H3. The number of likely N-dealkylation sites (tertiary alicyclic amines) is 1. The van der Waals surface area contributed by atoms with Gasteiger partial charge in [-0.2, -0.15) is 0 Å². The Balaban J connectivity index is 1.85. The van der Waals surface area contributed by atoms with Gasteiger partial charge in [-0.05, 0) is 46.2 Å². The number of carbonyl (C=O) groups is 2. The van der Waals surface area contributed by atoms with Gasteiger partial charge in [0.1, 0.15) is 5.60 Å². The fraction of sp³-hybridized carbons (Fsp3) is 0.625. The average molecular weight is 308 g/mol. The van der Waals surface area contributed by atoms with Crippen molar-refractivity contribution in [2.45, 2.75) is 45.3 Å². The molecule has 1 atom stereocenters. The van der Waals surface area contributed by atoms with Crippen LogP contribution >= 0.6 is 0 Å². The largest absolute Gasteiger partial charge is 0.459 e. The van der Waals surface area contributed by atoms with Crippen LogP contribution < -0.4 is 5.32 Å². The van der Waals surface area contributed by atoms with Gasteiger partial charge >= 0.3 is 5.97 Å². The number of furan rings is 1. The topological polar surface area (TPSA) is 71.8 Å². The molecule has 0 bridgehead atoms. The van der Waals surface area contributed by atoms with Gasteiger partial charge in [0.2, 0.25) is 0 Å². The molecule has 0 saturated carbocycles. The van der Waals surface area contributed by atoms with Crippen molar-refractivity contribution in [2.24, 2.45) is 0 Å². The lowest BCUT2D eigenvalue weighted by molar-refractivity contribution is -0.154. The highest BCUT2D eigenvalue weighted by Crippen LogP contribution is 2.22. The molecule has 2 rings (SSSR count). The first kappa shape index (κ1) is 16.5. The molecule has 0 aliphatic carbocycles. The summed E-state index contributed by atoms with van der Waals surface area (Å²) in [7, 11) is 0. The number of carbonyl (C=O) groups excluding carboxylic acids is 2. The monoisotopic (exact) mass is 308 g/mol. The van der Waals surface area contributed by atoms with E-state index in [4.69, 9.17) is 9.15 Å². The van der Waals surface area contributed by atoms with E-state index in [1.165, 1.54) is 6.26 Å². The molecule has 1 aliphatic heterocycles. The lowest BCUT2D eigenvalue weighted by Gasteiger charge is -2.27. The van der Waals surface area contributed by atoms with Crippen LogP contribution in [0.5, 0.6) is 0 Å². The number of hydrogen-bond acceptors (Lipinski definition) is 5. The maximum atomic E-state index is 12.2. The van der Waals surface area contributed by atoms with Crippen LogP contribution in [0.25, 0.3) is 0 Å². The second-order valence-corrected chi connectivity index (χ2v) is 6.95. The highest BCUT2D eigenvalue weighted by atomic mass is 16.6. The zero-order chi connectivity index (χ0) is 16.4. The summed E-state index contributed by atoms with van der Waals surface area (Å²) in [5.74, 6) is -0.0614. The third kappa shape index (κ3) is 4.34. The Hall–Kier alpha value is -1.82. The second-order valence-electron chi connectivity index (χ2n) is 6.95. The Kier molecular flexibility index (Phi) is 4.60. The van der Waals surface area contributed by atoms with Crippen LogP contribution in [0.15, 0.2) is 22.8 Å². The average Bonchev–Trinajstić information content (AvgIpc) is 3.04. The highest BCUT2D eigenvalue weighted by molar-refractivity contribution is 5.91. The summed E-state index contributed by atoms with van der Waals surface area (Å²) in [5.41, 5.74) is -0.782. The zero-order valence-electron chi connectivity index (χ0n) is 13.6. The van der Waals surface area contributed by atoms with Crippen molar-refractivity contribution in [3.63, 3.8) is 0 Å². The molecule has 1 fully saturated rings. The van der Waals surface area contributed by atoms with Gasteiger partial charge in [-0.25, -0.2) is 0 Å². The van der Waals surface area contributed by atoms with Crippen molar-refractivity contribution in [3.05, 3.63) is 24.2 Å². The minimum absolute atomic E-state index is 0.118. The van der Waals surface area contributed by atoms with Crippen molar-refractivity contribution in [1.82, 2.24) is 10.2 Å². The van der Waals surface area contributed by atoms with Crippen LogP contribution in [-0.2, 0) is 9.53 Å². The molecule has 1 unspecified atom stereocenters. The van der Waals surface area contributed by atoms with Gasteiger partial charge in [0.05, 0.1) is 12.8 Å². The van der Waals surface area contributed by atoms with E-state index in [1.54, 1.807) is 17.0 Å². The van der Waals surface area contributed by atoms with Gasteiger partial charge in [-0.1, -0.05) is 0 Å². The van der Waals surface area contributed by atoms with Crippen molar-refractivity contribution in [2.75, 3.05) is 19.6 Å². The second kappa shape index (κ2) is 6.12. The Labute approximate surface area is 130 Å². The van der Waals surface area contributed by atoms with Crippen molar-refractivity contribution < 1.29 is 18.7 Å². The molecule has 1 aliphatic rings. The van der Waals surface area contributed by atoms with Crippen molar-refractivity contribution in [3.8, 4) is 0 Å². The highest BCUT2D eigenvalue weighted by Gasteiger charge is 2.37. The number of nitrogens with one attached hydrogen (secondary N) is 1.